The topological polar surface area (TPSA) is 35.5 Å². The molecule has 3 nitrogen and oxygen atoms in total. The molecule has 0 aliphatic carbocycles. The summed E-state index contributed by atoms with van der Waals surface area (Å²) in [6.45, 7) is 9.52. The van der Waals surface area contributed by atoms with E-state index in [9.17, 15) is 4.79 Å². The number of rotatable bonds is 4. The molecule has 0 saturated heterocycles. The molecular formula is C22H26O3. The Morgan fingerprint density at radius 2 is 1.44 bits per heavy atom. The van der Waals surface area contributed by atoms with Crippen molar-refractivity contribution >= 4 is 12.2 Å². The summed E-state index contributed by atoms with van der Waals surface area (Å²) in [4.78, 5) is 12.1. The molecule has 1 unspecified atom stereocenters. The average molecular weight is 338 g/mol. The molecule has 0 amide bonds. The van der Waals surface area contributed by atoms with Gasteiger partial charge in [0.15, 0.2) is 0 Å². The number of aryl methyl sites for hydroxylation is 2. The predicted molar refractivity (Wildman–Crippen MR) is 101 cm³/mol. The number of hydrogen-bond donors (Lipinski definition) is 0. The largest absolute Gasteiger partial charge is 0.509 e. The first-order valence-corrected chi connectivity index (χ1v) is 8.44. The van der Waals surface area contributed by atoms with Crippen molar-refractivity contribution in [3.8, 4) is 0 Å². The molecule has 0 aromatic heterocycles. The van der Waals surface area contributed by atoms with E-state index in [2.05, 4.69) is 12.1 Å². The minimum atomic E-state index is -0.674. The normalized spacial score (nSPS) is 12.8. The maximum atomic E-state index is 12.1. The van der Waals surface area contributed by atoms with E-state index in [0.29, 0.717) is 0 Å². The second-order valence-electron chi connectivity index (χ2n) is 7.18. The van der Waals surface area contributed by atoms with Crippen molar-refractivity contribution in [3.63, 3.8) is 0 Å². The van der Waals surface area contributed by atoms with Crippen LogP contribution in [-0.2, 0) is 9.47 Å². The highest BCUT2D eigenvalue weighted by Crippen LogP contribution is 2.23. The lowest BCUT2D eigenvalue weighted by atomic mass is 10.1. The fourth-order valence-corrected chi connectivity index (χ4v) is 2.23. The Labute approximate surface area is 150 Å². The Kier molecular flexibility index (Phi) is 6.02. The van der Waals surface area contributed by atoms with Crippen molar-refractivity contribution in [3.05, 3.63) is 76.9 Å². The summed E-state index contributed by atoms with van der Waals surface area (Å²) in [5, 5.41) is 0. The lowest BCUT2D eigenvalue weighted by molar-refractivity contribution is -0.0187. The van der Waals surface area contributed by atoms with Crippen LogP contribution >= 0.6 is 0 Å². The molecule has 3 heteroatoms. The standard InChI is InChI=1S/C22H26O3/c1-16-6-10-18(11-7-16)12-15-20(19-13-8-17(2)9-14-19)24-21(23)25-22(3,4)5/h6-15,20H,1-5H3/b15-12+. The van der Waals surface area contributed by atoms with Crippen LogP contribution in [0.4, 0.5) is 4.79 Å². The zero-order chi connectivity index (χ0) is 18.4. The van der Waals surface area contributed by atoms with Gasteiger partial charge in [0.2, 0.25) is 0 Å². The first-order chi connectivity index (χ1) is 11.7. The lowest BCUT2D eigenvalue weighted by Crippen LogP contribution is -2.25. The van der Waals surface area contributed by atoms with Crippen LogP contribution in [0.15, 0.2) is 54.6 Å². The van der Waals surface area contributed by atoms with E-state index in [4.69, 9.17) is 9.47 Å². The first-order valence-electron chi connectivity index (χ1n) is 8.44. The maximum absolute atomic E-state index is 12.1. The van der Waals surface area contributed by atoms with Gasteiger partial charge in [-0.3, -0.25) is 0 Å². The van der Waals surface area contributed by atoms with Crippen LogP contribution < -0.4 is 0 Å². The second kappa shape index (κ2) is 8.02. The fourth-order valence-electron chi connectivity index (χ4n) is 2.23. The molecule has 1 atom stereocenters. The van der Waals surface area contributed by atoms with Crippen LogP contribution in [0, 0.1) is 13.8 Å². The van der Waals surface area contributed by atoms with Crippen molar-refractivity contribution in [2.45, 2.75) is 46.3 Å². The van der Waals surface area contributed by atoms with Gasteiger partial charge >= 0.3 is 6.16 Å². The van der Waals surface area contributed by atoms with Crippen molar-refractivity contribution in [2.24, 2.45) is 0 Å². The zero-order valence-electron chi connectivity index (χ0n) is 15.6. The molecular weight excluding hydrogens is 312 g/mol. The predicted octanol–water partition coefficient (Wildman–Crippen LogP) is 6.01. The molecule has 132 valence electrons. The van der Waals surface area contributed by atoms with Crippen LogP contribution in [0.5, 0.6) is 0 Å². The van der Waals surface area contributed by atoms with Crippen LogP contribution in [0.1, 0.15) is 49.1 Å². The van der Waals surface area contributed by atoms with Crippen molar-refractivity contribution in [1.82, 2.24) is 0 Å². The van der Waals surface area contributed by atoms with E-state index in [1.807, 2.05) is 83.2 Å². The third-order valence-electron chi connectivity index (χ3n) is 3.56. The molecule has 0 spiro atoms. The molecule has 0 aliphatic rings. The zero-order valence-corrected chi connectivity index (χ0v) is 15.6. The highest BCUT2D eigenvalue weighted by molar-refractivity contribution is 5.62. The molecule has 2 aromatic rings. The van der Waals surface area contributed by atoms with Gasteiger partial charge in [-0.1, -0.05) is 65.7 Å². The quantitative estimate of drug-likeness (QED) is 0.640. The Morgan fingerprint density at radius 1 is 0.920 bits per heavy atom. The third kappa shape index (κ3) is 6.46. The van der Waals surface area contributed by atoms with E-state index in [0.717, 1.165) is 16.7 Å². The molecule has 0 radical (unpaired) electrons. The van der Waals surface area contributed by atoms with Gasteiger partial charge in [-0.15, -0.1) is 0 Å². The monoisotopic (exact) mass is 338 g/mol. The Balaban J connectivity index is 2.20. The van der Waals surface area contributed by atoms with Crippen molar-refractivity contribution in [2.75, 3.05) is 0 Å². The van der Waals surface area contributed by atoms with Gasteiger partial charge in [-0.2, -0.15) is 0 Å². The second-order valence-corrected chi connectivity index (χ2v) is 7.18. The SMILES string of the molecule is Cc1ccc(/C=C/C(OC(=O)OC(C)(C)C)c2ccc(C)cc2)cc1. The highest BCUT2D eigenvalue weighted by atomic mass is 16.7. The highest BCUT2D eigenvalue weighted by Gasteiger charge is 2.21. The molecule has 25 heavy (non-hydrogen) atoms. The Bertz CT molecular complexity index is 719. The first kappa shape index (κ1) is 18.8. The summed E-state index contributed by atoms with van der Waals surface area (Å²) in [6.07, 6.45) is 2.65. The van der Waals surface area contributed by atoms with E-state index in [1.165, 1.54) is 5.56 Å². The van der Waals surface area contributed by atoms with Crippen LogP contribution in [0.3, 0.4) is 0 Å². The van der Waals surface area contributed by atoms with Gasteiger partial charge in [0.25, 0.3) is 0 Å². The Morgan fingerprint density at radius 3 is 1.96 bits per heavy atom. The number of benzene rings is 2. The van der Waals surface area contributed by atoms with E-state index in [-0.39, 0.29) is 0 Å². The molecule has 0 saturated carbocycles. The summed E-state index contributed by atoms with van der Waals surface area (Å²) < 4.78 is 10.8. The molecule has 2 aromatic carbocycles. The van der Waals surface area contributed by atoms with E-state index in [1.54, 1.807) is 0 Å². The van der Waals surface area contributed by atoms with Crippen LogP contribution in [0.2, 0.25) is 0 Å². The molecule has 0 bridgehead atoms. The molecule has 0 aliphatic heterocycles. The van der Waals surface area contributed by atoms with Gasteiger partial charge in [0, 0.05) is 0 Å². The molecule has 0 N–H and O–H groups in total. The van der Waals surface area contributed by atoms with Crippen LogP contribution in [0.25, 0.3) is 6.08 Å². The summed E-state index contributed by atoms with van der Waals surface area (Å²) >= 11 is 0. The van der Waals surface area contributed by atoms with Gasteiger partial charge in [-0.25, -0.2) is 4.79 Å². The van der Waals surface area contributed by atoms with Crippen molar-refractivity contribution < 1.29 is 14.3 Å². The fraction of sp³-hybridized carbons (Fsp3) is 0.318. The number of ether oxygens (including phenoxy) is 2. The molecule has 2 rings (SSSR count). The van der Waals surface area contributed by atoms with Gasteiger partial charge in [0.05, 0.1) is 0 Å². The van der Waals surface area contributed by atoms with E-state index >= 15 is 0 Å². The summed E-state index contributed by atoms with van der Waals surface area (Å²) in [6, 6.07) is 16.1. The minimum Gasteiger partial charge on any atom is -0.429 e. The smallest absolute Gasteiger partial charge is 0.429 e. The Hall–Kier alpha value is -2.55. The third-order valence-corrected chi connectivity index (χ3v) is 3.56. The van der Waals surface area contributed by atoms with Gasteiger partial charge < -0.3 is 9.47 Å². The van der Waals surface area contributed by atoms with Gasteiger partial charge in [0.1, 0.15) is 11.7 Å². The number of hydrogen-bond acceptors (Lipinski definition) is 3. The number of carbonyl (C=O) groups is 1. The number of carbonyl (C=O) groups excluding carboxylic acids is 1. The van der Waals surface area contributed by atoms with E-state index < -0.39 is 17.9 Å². The summed E-state index contributed by atoms with van der Waals surface area (Å²) in [7, 11) is 0. The maximum Gasteiger partial charge on any atom is 0.509 e. The summed E-state index contributed by atoms with van der Waals surface area (Å²) in [5.74, 6) is 0. The van der Waals surface area contributed by atoms with Crippen LogP contribution in [-0.4, -0.2) is 11.8 Å². The molecule has 0 fully saturated rings. The minimum absolute atomic E-state index is 0.503. The lowest BCUT2D eigenvalue weighted by Gasteiger charge is -2.21. The molecule has 0 heterocycles. The van der Waals surface area contributed by atoms with Crippen molar-refractivity contribution in [1.29, 1.82) is 0 Å². The summed E-state index contributed by atoms with van der Waals surface area (Å²) in [5.41, 5.74) is 3.73. The average Bonchev–Trinajstić information content (AvgIpc) is 2.52. The van der Waals surface area contributed by atoms with Gasteiger partial charge in [-0.05, 0) is 51.8 Å².